The highest BCUT2D eigenvalue weighted by Crippen LogP contribution is 2.28. The first-order chi connectivity index (χ1) is 17.1. The summed E-state index contributed by atoms with van der Waals surface area (Å²) in [5.74, 6) is 1.10. The average molecular weight is 475 g/mol. The van der Waals surface area contributed by atoms with Gasteiger partial charge in [-0.25, -0.2) is 4.98 Å². The fourth-order valence-corrected chi connectivity index (χ4v) is 4.25. The maximum Gasteiger partial charge on any atom is 0.305 e. The molecule has 1 aliphatic heterocycles. The van der Waals surface area contributed by atoms with Gasteiger partial charge in [0.25, 0.3) is 0 Å². The Balaban J connectivity index is 1.30. The SMILES string of the molecule is COc1ccc(C(CC(=O)O)n2ncc3cc(OCCc4ccc5c(n4)NCCC5)ccc32)nn1. The summed E-state index contributed by atoms with van der Waals surface area (Å²) in [5, 5.41) is 26.3. The zero-order chi connectivity index (χ0) is 24.2. The number of anilines is 1. The summed E-state index contributed by atoms with van der Waals surface area (Å²) in [7, 11) is 1.50. The molecule has 2 N–H and O–H groups in total. The van der Waals surface area contributed by atoms with Crippen molar-refractivity contribution in [1.82, 2.24) is 25.0 Å². The quantitative estimate of drug-likeness (QED) is 0.376. The van der Waals surface area contributed by atoms with Crippen LogP contribution in [0.2, 0.25) is 0 Å². The van der Waals surface area contributed by atoms with Crippen molar-refractivity contribution in [3.05, 3.63) is 65.6 Å². The standard InChI is InChI=1S/C25H26N6O4/c1-34-23-9-7-20(29-30-23)22(14-24(32)33)31-21-8-6-19(13-17(21)15-27-31)35-12-10-18-5-4-16-3-2-11-26-25(16)28-18/h4-9,13,15,22H,2-3,10-12,14H2,1H3,(H,26,28)(H,32,33). The highest BCUT2D eigenvalue weighted by Gasteiger charge is 2.22. The fourth-order valence-electron chi connectivity index (χ4n) is 4.25. The second-order valence-corrected chi connectivity index (χ2v) is 8.36. The van der Waals surface area contributed by atoms with Gasteiger partial charge in [-0.1, -0.05) is 6.07 Å². The Morgan fingerprint density at radius 2 is 2.11 bits per heavy atom. The molecule has 0 bridgehead atoms. The monoisotopic (exact) mass is 474 g/mol. The van der Waals surface area contributed by atoms with Crippen LogP contribution in [0.15, 0.2) is 48.7 Å². The number of hydrogen-bond donors (Lipinski definition) is 2. The number of rotatable bonds is 9. The molecule has 10 nitrogen and oxygen atoms in total. The van der Waals surface area contributed by atoms with E-state index in [1.165, 1.54) is 12.7 Å². The van der Waals surface area contributed by atoms with Crippen LogP contribution in [-0.2, 0) is 17.6 Å². The first-order valence-electron chi connectivity index (χ1n) is 11.5. The van der Waals surface area contributed by atoms with Crippen LogP contribution < -0.4 is 14.8 Å². The second-order valence-electron chi connectivity index (χ2n) is 8.36. The summed E-state index contributed by atoms with van der Waals surface area (Å²) >= 11 is 0. The van der Waals surface area contributed by atoms with Crippen molar-refractivity contribution in [3.8, 4) is 11.6 Å². The van der Waals surface area contributed by atoms with E-state index in [1.807, 2.05) is 18.2 Å². The van der Waals surface area contributed by atoms with E-state index in [0.717, 1.165) is 41.8 Å². The van der Waals surface area contributed by atoms with E-state index in [9.17, 15) is 9.90 Å². The van der Waals surface area contributed by atoms with Crippen LogP contribution in [0.1, 0.15) is 35.8 Å². The van der Waals surface area contributed by atoms with Crippen LogP contribution in [0.4, 0.5) is 5.82 Å². The molecule has 10 heteroatoms. The van der Waals surface area contributed by atoms with Crippen molar-refractivity contribution in [2.45, 2.75) is 31.7 Å². The van der Waals surface area contributed by atoms with E-state index >= 15 is 0 Å². The van der Waals surface area contributed by atoms with E-state index in [1.54, 1.807) is 23.0 Å². The van der Waals surface area contributed by atoms with Crippen molar-refractivity contribution in [3.63, 3.8) is 0 Å². The summed E-state index contributed by atoms with van der Waals surface area (Å²) in [6.07, 6.45) is 4.42. The van der Waals surface area contributed by atoms with Crippen LogP contribution in [-0.4, -0.2) is 56.3 Å². The molecule has 1 atom stereocenters. The number of aromatic nitrogens is 5. The van der Waals surface area contributed by atoms with Gasteiger partial charge in [0.2, 0.25) is 5.88 Å². The van der Waals surface area contributed by atoms with Gasteiger partial charge in [-0.3, -0.25) is 9.48 Å². The van der Waals surface area contributed by atoms with Gasteiger partial charge < -0.3 is 19.9 Å². The van der Waals surface area contributed by atoms with Crippen LogP contribution in [0.3, 0.4) is 0 Å². The molecule has 0 saturated heterocycles. The minimum absolute atomic E-state index is 0.182. The molecule has 4 heterocycles. The molecule has 0 fully saturated rings. The third-order valence-corrected chi connectivity index (χ3v) is 6.02. The summed E-state index contributed by atoms with van der Waals surface area (Å²) in [5.41, 5.74) is 3.53. The molecule has 0 spiro atoms. The molecule has 180 valence electrons. The number of carboxylic acids is 1. The normalized spacial score (nSPS) is 13.6. The smallest absolute Gasteiger partial charge is 0.305 e. The predicted octanol–water partition coefficient (Wildman–Crippen LogP) is 3.27. The van der Waals surface area contributed by atoms with Crippen molar-refractivity contribution >= 4 is 22.7 Å². The largest absolute Gasteiger partial charge is 0.493 e. The zero-order valence-electron chi connectivity index (χ0n) is 19.3. The van der Waals surface area contributed by atoms with E-state index in [0.29, 0.717) is 30.4 Å². The average Bonchev–Trinajstić information content (AvgIpc) is 3.30. The minimum Gasteiger partial charge on any atom is -0.493 e. The Morgan fingerprint density at radius 3 is 2.91 bits per heavy atom. The summed E-state index contributed by atoms with van der Waals surface area (Å²) < 4.78 is 12.7. The lowest BCUT2D eigenvalue weighted by atomic mass is 10.1. The molecule has 1 aromatic carbocycles. The van der Waals surface area contributed by atoms with Crippen LogP contribution in [0.5, 0.6) is 11.6 Å². The number of ether oxygens (including phenoxy) is 2. The summed E-state index contributed by atoms with van der Waals surface area (Å²) in [6.45, 7) is 1.46. The molecule has 0 saturated carbocycles. The Morgan fingerprint density at radius 1 is 1.20 bits per heavy atom. The number of nitrogens with zero attached hydrogens (tertiary/aromatic N) is 5. The number of aryl methyl sites for hydroxylation is 1. The molecule has 3 aromatic heterocycles. The second kappa shape index (κ2) is 9.96. The molecular weight excluding hydrogens is 448 g/mol. The first-order valence-corrected chi connectivity index (χ1v) is 11.5. The number of benzene rings is 1. The van der Waals surface area contributed by atoms with E-state index in [2.05, 4.69) is 32.7 Å². The molecular formula is C25H26N6O4. The molecule has 1 unspecified atom stereocenters. The third-order valence-electron chi connectivity index (χ3n) is 6.02. The van der Waals surface area contributed by atoms with Gasteiger partial charge in [0.15, 0.2) is 0 Å². The molecule has 4 aromatic rings. The van der Waals surface area contributed by atoms with Gasteiger partial charge in [0.05, 0.1) is 37.5 Å². The summed E-state index contributed by atoms with van der Waals surface area (Å²) in [4.78, 5) is 16.3. The van der Waals surface area contributed by atoms with Crippen LogP contribution >= 0.6 is 0 Å². The lowest BCUT2D eigenvalue weighted by Crippen LogP contribution is -2.18. The fraction of sp³-hybridized carbons (Fsp3) is 0.320. The summed E-state index contributed by atoms with van der Waals surface area (Å²) in [6, 6.07) is 12.6. The molecule has 0 amide bonds. The van der Waals surface area contributed by atoms with Gasteiger partial charge in [-0.05, 0) is 48.7 Å². The highest BCUT2D eigenvalue weighted by molar-refractivity contribution is 5.80. The molecule has 0 aliphatic carbocycles. The molecule has 1 aliphatic rings. The minimum atomic E-state index is -0.956. The van der Waals surface area contributed by atoms with E-state index in [-0.39, 0.29) is 6.42 Å². The topological polar surface area (TPSA) is 124 Å². The van der Waals surface area contributed by atoms with Gasteiger partial charge in [0.1, 0.15) is 17.6 Å². The van der Waals surface area contributed by atoms with Crippen LogP contribution in [0, 0.1) is 0 Å². The Hall–Kier alpha value is -4.21. The Bertz CT molecular complexity index is 1340. The number of pyridine rings is 1. The van der Waals surface area contributed by atoms with Gasteiger partial charge in [-0.15, -0.1) is 10.2 Å². The first kappa shape index (κ1) is 22.6. The molecule has 5 rings (SSSR count). The van der Waals surface area contributed by atoms with Gasteiger partial charge in [-0.2, -0.15) is 5.10 Å². The lowest BCUT2D eigenvalue weighted by Gasteiger charge is -2.17. The van der Waals surface area contributed by atoms with Gasteiger partial charge >= 0.3 is 5.97 Å². The number of hydrogen-bond acceptors (Lipinski definition) is 8. The number of carbonyl (C=O) groups is 1. The predicted molar refractivity (Wildman–Crippen MR) is 129 cm³/mol. The Kier molecular flexibility index (Phi) is 6.42. The van der Waals surface area contributed by atoms with Crippen molar-refractivity contribution in [2.75, 3.05) is 25.6 Å². The van der Waals surface area contributed by atoms with Crippen LogP contribution in [0.25, 0.3) is 10.9 Å². The Labute approximate surface area is 201 Å². The highest BCUT2D eigenvalue weighted by atomic mass is 16.5. The molecule has 0 radical (unpaired) electrons. The maximum atomic E-state index is 11.6. The number of fused-ring (bicyclic) bond motifs is 2. The van der Waals surface area contributed by atoms with E-state index < -0.39 is 12.0 Å². The van der Waals surface area contributed by atoms with E-state index in [4.69, 9.17) is 14.5 Å². The van der Waals surface area contributed by atoms with Crippen molar-refractivity contribution in [1.29, 1.82) is 0 Å². The number of carboxylic acid groups (broad SMARTS) is 1. The number of nitrogens with one attached hydrogen (secondary N) is 1. The van der Waals surface area contributed by atoms with Crippen molar-refractivity contribution in [2.24, 2.45) is 0 Å². The zero-order valence-corrected chi connectivity index (χ0v) is 19.3. The van der Waals surface area contributed by atoms with Gasteiger partial charge in [0, 0.05) is 30.1 Å². The lowest BCUT2D eigenvalue weighted by molar-refractivity contribution is -0.137. The van der Waals surface area contributed by atoms with Crippen molar-refractivity contribution < 1.29 is 19.4 Å². The third kappa shape index (κ3) is 5.01. The maximum absolute atomic E-state index is 11.6. The number of aliphatic carboxylic acids is 1. The number of methoxy groups -OCH3 is 1. The molecule has 35 heavy (non-hydrogen) atoms.